The molecule has 9 heteroatoms. The Morgan fingerprint density at radius 1 is 0.912 bits per heavy atom. The van der Waals surface area contributed by atoms with Gasteiger partial charge in [0.2, 0.25) is 5.91 Å². The zero-order chi connectivity index (χ0) is 25.3. The van der Waals surface area contributed by atoms with E-state index in [4.69, 9.17) is 18.9 Å². The Balaban J connectivity index is 2.08. The summed E-state index contributed by atoms with van der Waals surface area (Å²) in [6, 6.07) is 11.4. The van der Waals surface area contributed by atoms with E-state index in [1.165, 1.54) is 21.3 Å². The summed E-state index contributed by atoms with van der Waals surface area (Å²) in [6.45, 7) is 5.34. The monoisotopic (exact) mass is 472 g/mol. The molecule has 0 aliphatic heterocycles. The van der Waals surface area contributed by atoms with E-state index in [1.54, 1.807) is 63.2 Å². The van der Waals surface area contributed by atoms with Crippen LogP contribution in [0.2, 0.25) is 0 Å². The van der Waals surface area contributed by atoms with Gasteiger partial charge < -0.3 is 24.3 Å². The largest absolute Gasteiger partial charge is 0.493 e. The summed E-state index contributed by atoms with van der Waals surface area (Å²) < 4.78 is 20.6. The number of methoxy groups -OCH3 is 3. The molecule has 9 nitrogen and oxygen atoms in total. The van der Waals surface area contributed by atoms with Crippen LogP contribution < -0.4 is 20.1 Å². The normalized spacial score (nSPS) is 11.7. The average Bonchev–Trinajstić information content (AvgIpc) is 2.78. The van der Waals surface area contributed by atoms with Crippen molar-refractivity contribution in [1.82, 2.24) is 5.32 Å². The fourth-order valence-corrected chi connectivity index (χ4v) is 3.13. The molecule has 1 atom stereocenters. The Kier molecular flexibility index (Phi) is 9.29. The van der Waals surface area contributed by atoms with E-state index in [0.717, 1.165) is 5.56 Å². The zero-order valence-electron chi connectivity index (χ0n) is 20.4. The number of carbonyl (C=O) groups excluding carboxylic acids is 3. The molecule has 0 saturated carbocycles. The summed E-state index contributed by atoms with van der Waals surface area (Å²) in [7, 11) is 4.33. The van der Waals surface area contributed by atoms with Gasteiger partial charge in [-0.25, -0.2) is 4.79 Å². The van der Waals surface area contributed by atoms with Gasteiger partial charge in [-0.05, 0) is 56.2 Å². The lowest BCUT2D eigenvalue weighted by Crippen LogP contribution is -2.31. The minimum atomic E-state index is -0.618. The number of benzene rings is 2. The second kappa shape index (κ2) is 11.9. The lowest BCUT2D eigenvalue weighted by atomic mass is 10.0. The number of hydrogen-bond acceptors (Lipinski definition) is 7. The molecule has 0 heterocycles. The summed E-state index contributed by atoms with van der Waals surface area (Å²) in [6.07, 6.45) is -0.521. The fraction of sp³-hybridized carbons (Fsp3) is 0.400. The van der Waals surface area contributed by atoms with E-state index in [1.807, 2.05) is 0 Å². The van der Waals surface area contributed by atoms with Crippen molar-refractivity contribution in [2.24, 2.45) is 0 Å². The highest BCUT2D eigenvalue weighted by Crippen LogP contribution is 2.31. The number of anilines is 1. The highest BCUT2D eigenvalue weighted by Gasteiger charge is 2.21. The number of rotatable bonds is 9. The number of esters is 1. The van der Waals surface area contributed by atoms with E-state index < -0.39 is 23.7 Å². The van der Waals surface area contributed by atoms with E-state index in [9.17, 15) is 14.4 Å². The maximum absolute atomic E-state index is 12.8. The molecule has 34 heavy (non-hydrogen) atoms. The second-order valence-corrected chi connectivity index (χ2v) is 8.52. The minimum Gasteiger partial charge on any atom is -0.493 e. The van der Waals surface area contributed by atoms with Crippen molar-refractivity contribution in [3.05, 3.63) is 53.6 Å². The summed E-state index contributed by atoms with van der Waals surface area (Å²) in [5, 5.41) is 5.53. The van der Waals surface area contributed by atoms with Gasteiger partial charge in [0.15, 0.2) is 11.5 Å². The minimum absolute atomic E-state index is 0.0452. The molecule has 0 aliphatic rings. The maximum Gasteiger partial charge on any atom is 0.412 e. The summed E-state index contributed by atoms with van der Waals surface area (Å²) in [5.74, 6) is 0.279. The van der Waals surface area contributed by atoms with Crippen LogP contribution in [0.15, 0.2) is 42.5 Å². The van der Waals surface area contributed by atoms with Gasteiger partial charge >= 0.3 is 12.1 Å². The zero-order valence-corrected chi connectivity index (χ0v) is 20.4. The van der Waals surface area contributed by atoms with E-state index >= 15 is 0 Å². The van der Waals surface area contributed by atoms with Crippen LogP contribution in [0.1, 0.15) is 44.4 Å². The molecule has 0 bridgehead atoms. The van der Waals surface area contributed by atoms with Crippen molar-refractivity contribution in [2.75, 3.05) is 26.6 Å². The van der Waals surface area contributed by atoms with Gasteiger partial charge in [-0.1, -0.05) is 18.2 Å². The fourth-order valence-electron chi connectivity index (χ4n) is 3.13. The van der Waals surface area contributed by atoms with Crippen LogP contribution in [-0.4, -0.2) is 44.9 Å². The van der Waals surface area contributed by atoms with Crippen LogP contribution in [0.4, 0.5) is 10.5 Å². The molecule has 2 N–H and O–H groups in total. The number of nitrogens with one attached hydrogen (secondary N) is 2. The predicted molar refractivity (Wildman–Crippen MR) is 127 cm³/mol. The highest BCUT2D eigenvalue weighted by atomic mass is 16.6. The molecule has 2 aromatic carbocycles. The first-order valence-corrected chi connectivity index (χ1v) is 10.7. The van der Waals surface area contributed by atoms with Gasteiger partial charge in [-0.2, -0.15) is 0 Å². The van der Waals surface area contributed by atoms with Crippen molar-refractivity contribution < 1.29 is 33.3 Å². The molecule has 0 aliphatic carbocycles. The standard InChI is InChI=1S/C25H32N2O7/c1-25(2,3)34-24(30)26-18-10-7-16(8-11-18)13-22(28)27-19(15-23(29)33-6)17-9-12-20(31-4)21(14-17)32-5/h7-12,14,19H,13,15H2,1-6H3,(H,26,30)(H,27,28). The molecule has 0 radical (unpaired) electrons. The molecule has 1 unspecified atom stereocenters. The van der Waals surface area contributed by atoms with Gasteiger partial charge in [0.05, 0.1) is 40.2 Å². The lowest BCUT2D eigenvalue weighted by molar-refractivity contribution is -0.141. The molecule has 2 rings (SSSR count). The number of hydrogen-bond donors (Lipinski definition) is 2. The first-order valence-electron chi connectivity index (χ1n) is 10.7. The van der Waals surface area contributed by atoms with Gasteiger partial charge in [0.25, 0.3) is 0 Å². The van der Waals surface area contributed by atoms with Crippen LogP contribution in [0, 0.1) is 0 Å². The molecular formula is C25H32N2O7. The topological polar surface area (TPSA) is 112 Å². The average molecular weight is 473 g/mol. The third kappa shape index (κ3) is 8.31. The van der Waals surface area contributed by atoms with Gasteiger partial charge in [-0.3, -0.25) is 14.9 Å². The van der Waals surface area contributed by atoms with Crippen molar-refractivity contribution in [1.29, 1.82) is 0 Å². The molecular weight excluding hydrogens is 440 g/mol. The van der Waals surface area contributed by atoms with E-state index in [-0.39, 0.29) is 18.7 Å². The van der Waals surface area contributed by atoms with Crippen LogP contribution in [0.3, 0.4) is 0 Å². The maximum atomic E-state index is 12.8. The lowest BCUT2D eigenvalue weighted by Gasteiger charge is -2.20. The van der Waals surface area contributed by atoms with Gasteiger partial charge in [-0.15, -0.1) is 0 Å². The van der Waals surface area contributed by atoms with E-state index in [2.05, 4.69) is 10.6 Å². The van der Waals surface area contributed by atoms with Crippen molar-refractivity contribution in [3.63, 3.8) is 0 Å². The predicted octanol–water partition coefficient (Wildman–Crippen LogP) is 4.01. The molecule has 0 spiro atoms. The third-order valence-corrected chi connectivity index (χ3v) is 4.71. The summed E-state index contributed by atoms with van der Waals surface area (Å²) >= 11 is 0. The van der Waals surface area contributed by atoms with Crippen molar-refractivity contribution in [3.8, 4) is 11.5 Å². The summed E-state index contributed by atoms with van der Waals surface area (Å²) in [4.78, 5) is 36.6. The molecule has 184 valence electrons. The SMILES string of the molecule is COC(=O)CC(NC(=O)Cc1ccc(NC(=O)OC(C)(C)C)cc1)c1ccc(OC)c(OC)c1. The number of amides is 2. The highest BCUT2D eigenvalue weighted by molar-refractivity contribution is 5.85. The Morgan fingerprint density at radius 3 is 2.12 bits per heavy atom. The van der Waals surface area contributed by atoms with Gasteiger partial charge in [0.1, 0.15) is 5.60 Å². The summed E-state index contributed by atoms with van der Waals surface area (Å²) in [5.41, 5.74) is 1.36. The van der Waals surface area contributed by atoms with Crippen molar-refractivity contribution >= 4 is 23.7 Å². The Labute approximate surface area is 199 Å². The number of ether oxygens (including phenoxy) is 4. The molecule has 2 aromatic rings. The van der Waals surface area contributed by atoms with Crippen LogP contribution in [0.5, 0.6) is 11.5 Å². The van der Waals surface area contributed by atoms with Gasteiger partial charge in [0, 0.05) is 5.69 Å². The second-order valence-electron chi connectivity index (χ2n) is 8.52. The van der Waals surface area contributed by atoms with Crippen LogP contribution in [0.25, 0.3) is 0 Å². The van der Waals surface area contributed by atoms with Crippen molar-refractivity contribution in [2.45, 2.75) is 45.3 Å². The van der Waals surface area contributed by atoms with Crippen LogP contribution in [-0.2, 0) is 25.5 Å². The third-order valence-electron chi connectivity index (χ3n) is 4.71. The Hall–Kier alpha value is -3.75. The molecule has 0 aromatic heterocycles. The quantitative estimate of drug-likeness (QED) is 0.530. The Morgan fingerprint density at radius 2 is 1.56 bits per heavy atom. The first-order chi connectivity index (χ1) is 16.0. The van der Waals surface area contributed by atoms with Crippen LogP contribution >= 0.6 is 0 Å². The molecule has 0 fully saturated rings. The first kappa shape index (κ1) is 26.5. The molecule has 0 saturated heterocycles. The van der Waals surface area contributed by atoms with E-state index in [0.29, 0.717) is 22.7 Å². The smallest absolute Gasteiger partial charge is 0.412 e. The molecule has 2 amide bonds. The Bertz CT molecular complexity index is 997. The number of carbonyl (C=O) groups is 3.